The maximum absolute atomic E-state index is 14.1. The lowest BCUT2D eigenvalue weighted by molar-refractivity contribution is -0.146. The number of rotatable bonds is 5. The number of fused-ring (bicyclic) bond motifs is 2. The summed E-state index contributed by atoms with van der Waals surface area (Å²) in [7, 11) is 0. The van der Waals surface area contributed by atoms with E-state index in [1.54, 1.807) is 0 Å². The molecule has 16 N–H and O–H groups in total. The van der Waals surface area contributed by atoms with Crippen molar-refractivity contribution in [1.82, 2.24) is 31.1 Å². The lowest BCUT2D eigenvalue weighted by Crippen LogP contribution is -2.65. The predicted octanol–water partition coefficient (Wildman–Crippen LogP) is -7.51. The first-order valence-corrected chi connectivity index (χ1v) is 18.1. The predicted molar refractivity (Wildman–Crippen MR) is 189 cm³/mol. The zero-order chi connectivity index (χ0) is 41.9. The van der Waals surface area contributed by atoms with Crippen LogP contribution in [-0.2, 0) is 24.0 Å². The van der Waals surface area contributed by atoms with Gasteiger partial charge in [-0.15, -0.1) is 0 Å². The van der Waals surface area contributed by atoms with Crippen molar-refractivity contribution in [2.24, 2.45) is 11.7 Å². The maximum Gasteiger partial charge on any atom is 0.248 e. The molecule has 0 saturated carbocycles. The van der Waals surface area contributed by atoms with Crippen molar-refractivity contribution in [2.75, 3.05) is 13.1 Å². The molecule has 22 heteroatoms. The van der Waals surface area contributed by atoms with Crippen molar-refractivity contribution < 1.29 is 75.0 Å². The van der Waals surface area contributed by atoms with E-state index < -0.39 is 146 Å². The normalized spacial score (nSPS) is 36.8. The van der Waals surface area contributed by atoms with Gasteiger partial charge in [0.25, 0.3) is 0 Å². The van der Waals surface area contributed by atoms with E-state index in [0.717, 1.165) is 23.6 Å². The summed E-state index contributed by atoms with van der Waals surface area (Å²) >= 11 is 0. The van der Waals surface area contributed by atoms with Crippen molar-refractivity contribution in [3.05, 3.63) is 29.8 Å². The number of hydrogen-bond donors (Lipinski definition) is 15. The zero-order valence-corrected chi connectivity index (χ0v) is 30.9. The summed E-state index contributed by atoms with van der Waals surface area (Å²) in [4.78, 5) is 70.2. The van der Waals surface area contributed by atoms with Crippen molar-refractivity contribution >= 4 is 29.5 Å². The molecule has 5 amide bonds. The molecule has 3 fully saturated rings. The summed E-state index contributed by atoms with van der Waals surface area (Å²) in [5.74, 6) is -6.74. The van der Waals surface area contributed by atoms with Gasteiger partial charge < -0.3 is 83.0 Å². The Balaban J connectivity index is 1.80. The van der Waals surface area contributed by atoms with Crippen LogP contribution in [0.1, 0.15) is 45.3 Å². The van der Waals surface area contributed by atoms with Crippen molar-refractivity contribution in [1.29, 1.82) is 0 Å². The molecule has 314 valence electrons. The molecule has 3 heterocycles. The van der Waals surface area contributed by atoms with Gasteiger partial charge in [-0.05, 0) is 37.5 Å². The number of benzene rings is 1. The van der Waals surface area contributed by atoms with E-state index in [2.05, 4.69) is 21.3 Å². The molecular weight excluding hydrogens is 746 g/mol. The molecule has 56 heavy (non-hydrogen) atoms. The molecular formula is C34H53N7O15. The van der Waals surface area contributed by atoms with Gasteiger partial charge in [0.2, 0.25) is 29.5 Å². The number of carbonyl (C=O) groups is 5. The van der Waals surface area contributed by atoms with E-state index >= 15 is 0 Å². The molecule has 3 aliphatic heterocycles. The first kappa shape index (κ1) is 44.6. The lowest BCUT2D eigenvalue weighted by atomic mass is 9.96. The summed E-state index contributed by atoms with van der Waals surface area (Å²) in [5.41, 5.74) is 5.91. The van der Waals surface area contributed by atoms with Gasteiger partial charge in [0.05, 0.1) is 36.5 Å². The van der Waals surface area contributed by atoms with E-state index in [4.69, 9.17) is 5.73 Å². The Kier molecular flexibility index (Phi) is 14.7. The van der Waals surface area contributed by atoms with Gasteiger partial charge in [-0.2, -0.15) is 0 Å². The lowest BCUT2D eigenvalue weighted by Gasteiger charge is -2.37. The summed E-state index contributed by atoms with van der Waals surface area (Å²) < 4.78 is 0. The second kappa shape index (κ2) is 18.5. The summed E-state index contributed by atoms with van der Waals surface area (Å²) in [6.45, 7) is 3.07. The van der Waals surface area contributed by atoms with Crippen molar-refractivity contribution in [3.63, 3.8) is 0 Å². The van der Waals surface area contributed by atoms with Gasteiger partial charge in [0.1, 0.15) is 54.5 Å². The number of aromatic hydroxyl groups is 1. The van der Waals surface area contributed by atoms with Crippen molar-refractivity contribution in [3.8, 4) is 5.75 Å². The van der Waals surface area contributed by atoms with Gasteiger partial charge in [0, 0.05) is 25.9 Å². The monoisotopic (exact) mass is 799 g/mol. The number of nitrogens with one attached hydrogen (secondary N) is 4. The number of phenols is 1. The van der Waals surface area contributed by atoms with Crippen LogP contribution < -0.4 is 27.0 Å². The van der Waals surface area contributed by atoms with Gasteiger partial charge in [0.15, 0.2) is 6.23 Å². The molecule has 15 unspecified atom stereocenters. The number of nitrogens with zero attached hydrogens (tertiary/aromatic N) is 2. The van der Waals surface area contributed by atoms with Crippen LogP contribution in [0.25, 0.3) is 0 Å². The molecule has 0 aromatic heterocycles. The fraction of sp³-hybridized carbons (Fsp3) is 0.676. The highest BCUT2D eigenvalue weighted by atomic mass is 16.3. The van der Waals surface area contributed by atoms with E-state index in [0.29, 0.717) is 0 Å². The Labute approximate surface area is 320 Å². The molecule has 0 radical (unpaired) electrons. The second-order valence-electron chi connectivity index (χ2n) is 14.8. The van der Waals surface area contributed by atoms with Crippen LogP contribution in [0, 0.1) is 5.92 Å². The number of aliphatic hydroxyl groups is 9. The Morgan fingerprint density at radius 3 is 1.95 bits per heavy atom. The minimum absolute atomic E-state index is 0.0326. The third-order valence-corrected chi connectivity index (χ3v) is 10.4. The quantitative estimate of drug-likeness (QED) is 0.132. The van der Waals surface area contributed by atoms with E-state index in [1.165, 1.54) is 31.2 Å². The molecule has 4 rings (SSSR count). The highest BCUT2D eigenvalue weighted by Gasteiger charge is 2.50. The molecule has 22 nitrogen and oxygen atoms in total. The van der Waals surface area contributed by atoms with E-state index in [9.17, 15) is 75.0 Å². The van der Waals surface area contributed by atoms with E-state index in [1.807, 2.05) is 0 Å². The molecule has 3 aliphatic rings. The largest absolute Gasteiger partial charge is 0.508 e. The Hall–Kier alpha value is -4.07. The third kappa shape index (κ3) is 9.89. The number of phenolic OH excluding ortho intramolecular Hbond substituents is 1. The minimum Gasteiger partial charge on any atom is -0.508 e. The van der Waals surface area contributed by atoms with Gasteiger partial charge >= 0.3 is 0 Å². The molecule has 0 aliphatic carbocycles. The number of nitrogens with two attached hydrogens (primary N) is 1. The van der Waals surface area contributed by atoms with Crippen LogP contribution in [-0.4, -0.2) is 189 Å². The Morgan fingerprint density at radius 1 is 0.750 bits per heavy atom. The number of carbonyl (C=O) groups excluding carboxylic acids is 5. The van der Waals surface area contributed by atoms with Crippen LogP contribution >= 0.6 is 0 Å². The first-order chi connectivity index (χ1) is 26.1. The number of hydrogen-bond acceptors (Lipinski definition) is 17. The molecule has 16 atom stereocenters. The smallest absolute Gasteiger partial charge is 0.248 e. The standard InChI is InChI=1S/C34H53N7O15/c1-12-10-41-24(25(12)47)32(54)39-30(52)20(46)9-18(35)28(50)36-21(13(2)42)33(55)40-11-17(45)8-19(40)29(51)38-23(31(53)37-22(14(3)43)34(41)56)27(49)26(48)15-4-6-16(44)7-5-15/h4-7,12-14,17-27,30,34,42-49,52,56H,8-11,35H2,1-3H3,(H,36,50)(H,37,53)(H,38,51)(H,39,54)/t12?,13?,14-,17?,18?,19?,20?,21?,22?,23?,24?,25?,26?,27?,30?,34?/m0/s1. The number of amides is 5. The second-order valence-corrected chi connectivity index (χ2v) is 14.8. The van der Waals surface area contributed by atoms with Crippen molar-refractivity contribution in [2.45, 2.75) is 125 Å². The average molecular weight is 800 g/mol. The molecule has 0 bridgehead atoms. The van der Waals surface area contributed by atoms with Crippen LogP contribution in [0.5, 0.6) is 5.75 Å². The highest BCUT2D eigenvalue weighted by Crippen LogP contribution is 2.28. The molecule has 0 spiro atoms. The van der Waals surface area contributed by atoms with Crippen LogP contribution in [0.3, 0.4) is 0 Å². The first-order valence-electron chi connectivity index (χ1n) is 18.1. The van der Waals surface area contributed by atoms with Gasteiger partial charge in [-0.25, -0.2) is 0 Å². The molecule has 1 aromatic rings. The molecule has 3 saturated heterocycles. The maximum atomic E-state index is 14.1. The van der Waals surface area contributed by atoms with Crippen LogP contribution in [0.4, 0.5) is 0 Å². The Bertz CT molecular complexity index is 1570. The highest BCUT2D eigenvalue weighted by molar-refractivity contribution is 5.96. The minimum atomic E-state index is -2.21. The van der Waals surface area contributed by atoms with Crippen LogP contribution in [0.15, 0.2) is 24.3 Å². The van der Waals surface area contributed by atoms with E-state index in [-0.39, 0.29) is 17.9 Å². The topological polar surface area (TPSA) is 368 Å². The summed E-state index contributed by atoms with van der Waals surface area (Å²) in [5, 5.41) is 117. The molecule has 1 aromatic carbocycles. The van der Waals surface area contributed by atoms with Crippen LogP contribution in [0.2, 0.25) is 0 Å². The third-order valence-electron chi connectivity index (χ3n) is 10.4. The van der Waals surface area contributed by atoms with Gasteiger partial charge in [-0.3, -0.25) is 28.9 Å². The van der Waals surface area contributed by atoms with Gasteiger partial charge in [-0.1, -0.05) is 19.1 Å². The number of aliphatic hydroxyl groups excluding tert-OH is 9. The fourth-order valence-electron chi connectivity index (χ4n) is 7.11. The Morgan fingerprint density at radius 2 is 1.36 bits per heavy atom. The summed E-state index contributed by atoms with van der Waals surface area (Å²) in [6, 6.07) is -5.85. The zero-order valence-electron chi connectivity index (χ0n) is 30.9. The summed E-state index contributed by atoms with van der Waals surface area (Å²) in [6.07, 6.45) is -17.4. The SMILES string of the molecule is CC(O)C1NC(=O)C(N)CC(O)C(O)NC(=O)C2C(O)C(C)CN2C(O)C([C@H](C)O)NC(=O)C(C(O)C(O)c2ccc(O)cc2)NC(=O)C2CC(O)CN2C1=O. The fourth-order valence-corrected chi connectivity index (χ4v) is 7.11. The average Bonchev–Trinajstić information content (AvgIpc) is 3.68.